The Labute approximate surface area is 312 Å². The molecule has 0 spiro atoms. The fourth-order valence-electron chi connectivity index (χ4n) is 7.41. The van der Waals surface area contributed by atoms with Crippen molar-refractivity contribution in [1.29, 1.82) is 0 Å². The van der Waals surface area contributed by atoms with E-state index < -0.39 is 60.5 Å². The zero-order chi connectivity index (χ0) is 37.5. The summed E-state index contributed by atoms with van der Waals surface area (Å²) in [7, 11) is -3.88. The van der Waals surface area contributed by atoms with Crippen molar-refractivity contribution >= 4 is 53.7 Å². The van der Waals surface area contributed by atoms with Crippen LogP contribution in [-0.4, -0.2) is 82.0 Å². The predicted octanol–water partition coefficient (Wildman–Crippen LogP) is 4.76. The molecule has 3 aromatic rings. The topological polar surface area (TPSA) is 178 Å². The highest BCUT2D eigenvalue weighted by molar-refractivity contribution is 7.52. The number of hydrogen-bond acceptors (Lipinski definition) is 11. The molecule has 1 aromatic carbocycles. The van der Waals surface area contributed by atoms with Gasteiger partial charge in [0.15, 0.2) is 0 Å². The number of ether oxygens (including phenoxy) is 1. The second kappa shape index (κ2) is 14.6. The largest absolute Gasteiger partial charge is 0.471 e. The van der Waals surface area contributed by atoms with Crippen molar-refractivity contribution in [2.24, 2.45) is 17.3 Å². The van der Waals surface area contributed by atoms with Crippen molar-refractivity contribution in [2.75, 3.05) is 19.8 Å². The highest BCUT2D eigenvalue weighted by atomic mass is 32.1. The van der Waals surface area contributed by atoms with Gasteiger partial charge in [-0.1, -0.05) is 57.9 Å². The zero-order valence-corrected chi connectivity index (χ0v) is 31.8. The summed E-state index contributed by atoms with van der Waals surface area (Å²) in [4.78, 5) is 68.0. The van der Waals surface area contributed by atoms with E-state index in [1.165, 1.54) is 16.2 Å². The molecule has 7 rings (SSSR count). The molecule has 4 heterocycles. The summed E-state index contributed by atoms with van der Waals surface area (Å²) < 4.78 is 29.8. The fourth-order valence-corrected chi connectivity index (χ4v) is 9.40. The SMILES string of the molecule is C=CC1C[C@]1(NC(=O)[C@@H]1C[C@@H](Oc2nc3ccccc3nc2-c2cccs2)CN1C(=O)[C@@H](NC(=O)C1CCCC1)C(C)(C)C)C(=O)NP1(=O)OCCO1. The lowest BCUT2D eigenvalue weighted by Crippen LogP contribution is -2.60. The van der Waals surface area contributed by atoms with E-state index in [1.54, 1.807) is 6.08 Å². The number of benzene rings is 1. The van der Waals surface area contributed by atoms with Gasteiger partial charge >= 0.3 is 7.75 Å². The normalized spacial score (nSPS) is 25.9. The third kappa shape index (κ3) is 7.62. The summed E-state index contributed by atoms with van der Waals surface area (Å²) in [6, 6.07) is 9.23. The van der Waals surface area contributed by atoms with Crippen molar-refractivity contribution < 1.29 is 37.5 Å². The third-order valence-corrected chi connectivity index (χ3v) is 12.8. The first-order valence-electron chi connectivity index (χ1n) is 18.0. The molecule has 0 bridgehead atoms. The van der Waals surface area contributed by atoms with Gasteiger partial charge in [-0.2, -0.15) is 0 Å². The monoisotopic (exact) mass is 764 g/mol. The van der Waals surface area contributed by atoms with E-state index in [-0.39, 0.29) is 50.3 Å². The number of carbonyl (C=O) groups excluding carboxylic acids is 4. The quantitative estimate of drug-likeness (QED) is 0.182. The van der Waals surface area contributed by atoms with E-state index in [0.717, 1.165) is 30.6 Å². The van der Waals surface area contributed by atoms with Gasteiger partial charge in [-0.15, -0.1) is 17.9 Å². The Bertz CT molecular complexity index is 1950. The molecule has 3 N–H and O–H groups in total. The molecule has 14 nitrogen and oxygen atoms in total. The van der Waals surface area contributed by atoms with Gasteiger partial charge in [0.1, 0.15) is 29.4 Å². The minimum absolute atomic E-state index is 0.00213. The molecule has 4 aliphatic rings. The lowest BCUT2D eigenvalue weighted by molar-refractivity contribution is -0.145. The molecule has 2 saturated carbocycles. The van der Waals surface area contributed by atoms with Gasteiger partial charge in [0, 0.05) is 18.3 Å². The maximum atomic E-state index is 14.7. The second-order valence-corrected chi connectivity index (χ2v) is 17.9. The Morgan fingerprint density at radius 1 is 1.06 bits per heavy atom. The number of amides is 4. The van der Waals surface area contributed by atoms with Crippen LogP contribution in [0.5, 0.6) is 5.88 Å². The van der Waals surface area contributed by atoms with Crippen molar-refractivity contribution in [2.45, 2.75) is 83.0 Å². The van der Waals surface area contributed by atoms with Crippen LogP contribution >= 0.6 is 19.1 Å². The Morgan fingerprint density at radius 3 is 2.38 bits per heavy atom. The number of hydrogen-bond donors (Lipinski definition) is 3. The standard InChI is InChI=1S/C37H45N6O8PS/c1-5-23-20-37(23,35(47)42-52(48)49-16-17-50-52)41-32(45)27-19-24(21-43(27)34(46)30(36(2,3)4)40-31(44)22-11-6-7-12-22)51-33-29(28-15-10-18-53-28)38-25-13-8-9-14-26(25)39-33/h5,8-10,13-15,18,22-24,27,30H,1,6-7,11-12,16-17,19-21H2,2-4H3,(H,40,44)(H,41,45)(H,42,47,48)/t23?,24-,27+,30-,37-/m1/s1. The van der Waals surface area contributed by atoms with Crippen LogP contribution in [0.3, 0.4) is 0 Å². The van der Waals surface area contributed by atoms with Gasteiger partial charge in [0.25, 0.3) is 5.91 Å². The number of rotatable bonds is 11. The molecule has 4 fully saturated rings. The van der Waals surface area contributed by atoms with E-state index in [9.17, 15) is 23.7 Å². The molecule has 16 heteroatoms. The Hall–Kier alpha value is -4.17. The Kier molecular flexibility index (Phi) is 10.2. The number of para-hydroxylation sites is 2. The van der Waals surface area contributed by atoms with Crippen LogP contribution in [0.2, 0.25) is 0 Å². The predicted molar refractivity (Wildman–Crippen MR) is 198 cm³/mol. The van der Waals surface area contributed by atoms with E-state index in [1.807, 2.05) is 62.5 Å². The van der Waals surface area contributed by atoms with E-state index in [4.69, 9.17) is 23.8 Å². The number of nitrogens with zero attached hydrogens (tertiary/aromatic N) is 3. The summed E-state index contributed by atoms with van der Waals surface area (Å²) in [6.45, 7) is 9.55. The molecule has 2 aromatic heterocycles. The molecule has 2 saturated heterocycles. The number of thiophene rings is 1. The van der Waals surface area contributed by atoms with Crippen molar-refractivity contribution in [3.05, 3.63) is 54.4 Å². The lowest BCUT2D eigenvalue weighted by atomic mass is 9.85. The van der Waals surface area contributed by atoms with Gasteiger partial charge in [-0.05, 0) is 48.3 Å². The van der Waals surface area contributed by atoms with Crippen LogP contribution < -0.4 is 20.5 Å². The summed E-state index contributed by atoms with van der Waals surface area (Å²) >= 11 is 1.48. The minimum atomic E-state index is -3.88. The number of carbonyl (C=O) groups is 4. The van der Waals surface area contributed by atoms with E-state index in [2.05, 4.69) is 22.3 Å². The average molecular weight is 765 g/mol. The summed E-state index contributed by atoms with van der Waals surface area (Å²) in [5.41, 5.74) is -0.336. The van der Waals surface area contributed by atoms with Crippen LogP contribution in [-0.2, 0) is 32.8 Å². The maximum Gasteiger partial charge on any atom is 0.435 e. The number of aromatic nitrogens is 2. The van der Waals surface area contributed by atoms with Gasteiger partial charge < -0.3 is 20.3 Å². The number of likely N-dealkylation sites (tertiary alicyclic amines) is 1. The lowest BCUT2D eigenvalue weighted by Gasteiger charge is -2.36. The maximum absolute atomic E-state index is 14.7. The zero-order valence-electron chi connectivity index (χ0n) is 30.0. The summed E-state index contributed by atoms with van der Waals surface area (Å²) in [6.07, 6.45) is 4.55. The third-order valence-electron chi connectivity index (χ3n) is 10.4. The van der Waals surface area contributed by atoms with Crippen LogP contribution in [0.25, 0.3) is 21.6 Å². The smallest absolute Gasteiger partial charge is 0.435 e. The molecule has 1 unspecified atom stereocenters. The molecule has 2 aliphatic carbocycles. The molecule has 2 aliphatic heterocycles. The molecule has 53 heavy (non-hydrogen) atoms. The number of fused-ring (bicyclic) bond motifs is 1. The number of nitrogens with one attached hydrogen (secondary N) is 3. The first-order chi connectivity index (χ1) is 25.3. The molecule has 282 valence electrons. The Balaban J connectivity index is 1.19. The van der Waals surface area contributed by atoms with Gasteiger partial charge in [-0.3, -0.25) is 33.3 Å². The summed E-state index contributed by atoms with van der Waals surface area (Å²) in [5, 5.41) is 10.2. The highest BCUT2D eigenvalue weighted by Crippen LogP contribution is 2.51. The Morgan fingerprint density at radius 2 is 1.75 bits per heavy atom. The van der Waals surface area contributed by atoms with Crippen LogP contribution in [0.4, 0.5) is 0 Å². The van der Waals surface area contributed by atoms with Crippen molar-refractivity contribution in [3.8, 4) is 16.5 Å². The van der Waals surface area contributed by atoms with E-state index in [0.29, 0.717) is 16.7 Å². The van der Waals surface area contributed by atoms with Gasteiger partial charge in [-0.25, -0.2) is 14.5 Å². The molecule has 4 amide bonds. The van der Waals surface area contributed by atoms with Crippen LogP contribution in [0, 0.1) is 17.3 Å². The molecular weight excluding hydrogens is 719 g/mol. The van der Waals surface area contributed by atoms with Crippen LogP contribution in [0.15, 0.2) is 54.4 Å². The summed E-state index contributed by atoms with van der Waals surface area (Å²) in [5.74, 6) is -2.33. The first kappa shape index (κ1) is 37.2. The van der Waals surface area contributed by atoms with Crippen molar-refractivity contribution in [3.63, 3.8) is 0 Å². The molecule has 0 radical (unpaired) electrons. The fraction of sp³-hybridized carbons (Fsp3) is 0.514. The molecular formula is C37H45N6O8PS. The second-order valence-electron chi connectivity index (χ2n) is 15.2. The van der Waals surface area contributed by atoms with Crippen LogP contribution in [0.1, 0.15) is 59.3 Å². The highest BCUT2D eigenvalue weighted by Gasteiger charge is 2.62. The van der Waals surface area contributed by atoms with Gasteiger partial charge in [0.2, 0.25) is 23.6 Å². The van der Waals surface area contributed by atoms with E-state index >= 15 is 0 Å². The molecule has 5 atom stereocenters. The van der Waals surface area contributed by atoms with Crippen molar-refractivity contribution in [1.82, 2.24) is 30.6 Å². The first-order valence-corrected chi connectivity index (χ1v) is 20.5. The minimum Gasteiger partial charge on any atom is -0.471 e. The van der Waals surface area contributed by atoms with Gasteiger partial charge in [0.05, 0.1) is 35.7 Å². The average Bonchev–Trinajstić information content (AvgIpc) is 3.77.